The van der Waals surface area contributed by atoms with Crippen molar-refractivity contribution in [1.82, 2.24) is 9.88 Å². The Kier molecular flexibility index (Phi) is 4.19. The van der Waals surface area contributed by atoms with E-state index in [2.05, 4.69) is 41.9 Å². The Morgan fingerprint density at radius 2 is 1.87 bits per heavy atom. The summed E-state index contributed by atoms with van der Waals surface area (Å²) in [7, 11) is 0. The number of pyridine rings is 1. The minimum atomic E-state index is 0.00501. The largest absolute Gasteiger partial charge is 0.397 e. The SMILES string of the molecule is Cc1cccc(N2CCN(C(=O)c3cncc(N)c3)CC2)c1C. The van der Waals surface area contributed by atoms with Crippen molar-refractivity contribution in [2.24, 2.45) is 0 Å². The topological polar surface area (TPSA) is 62.5 Å². The first kappa shape index (κ1) is 15.3. The van der Waals surface area contributed by atoms with E-state index in [0.717, 1.165) is 13.1 Å². The van der Waals surface area contributed by atoms with Crippen LogP contribution in [0, 0.1) is 13.8 Å². The molecule has 0 saturated carbocycles. The van der Waals surface area contributed by atoms with Crippen LogP contribution in [0.3, 0.4) is 0 Å². The number of carbonyl (C=O) groups excluding carboxylic acids is 1. The fraction of sp³-hybridized carbons (Fsp3) is 0.333. The first-order valence-electron chi connectivity index (χ1n) is 7.87. The van der Waals surface area contributed by atoms with E-state index in [1.54, 1.807) is 18.5 Å². The van der Waals surface area contributed by atoms with Gasteiger partial charge in [-0.2, -0.15) is 0 Å². The number of hydrogen-bond acceptors (Lipinski definition) is 4. The Hall–Kier alpha value is -2.56. The van der Waals surface area contributed by atoms with Crippen LogP contribution < -0.4 is 10.6 Å². The van der Waals surface area contributed by atoms with Crippen LogP contribution in [-0.4, -0.2) is 42.0 Å². The zero-order valence-corrected chi connectivity index (χ0v) is 13.6. The van der Waals surface area contributed by atoms with E-state index in [1.165, 1.54) is 16.8 Å². The van der Waals surface area contributed by atoms with Gasteiger partial charge in [-0.05, 0) is 37.1 Å². The minimum absolute atomic E-state index is 0.00501. The Bertz CT molecular complexity index is 721. The maximum Gasteiger partial charge on any atom is 0.255 e. The number of nitrogens with zero attached hydrogens (tertiary/aromatic N) is 3. The van der Waals surface area contributed by atoms with Gasteiger partial charge in [0, 0.05) is 44.3 Å². The van der Waals surface area contributed by atoms with Gasteiger partial charge in [0.15, 0.2) is 0 Å². The van der Waals surface area contributed by atoms with Gasteiger partial charge < -0.3 is 15.5 Å². The predicted octanol–water partition coefficient (Wildman–Crippen LogP) is 2.24. The highest BCUT2D eigenvalue weighted by molar-refractivity contribution is 5.94. The lowest BCUT2D eigenvalue weighted by Crippen LogP contribution is -2.49. The molecule has 0 unspecified atom stereocenters. The van der Waals surface area contributed by atoms with Crippen LogP contribution in [0.1, 0.15) is 21.5 Å². The van der Waals surface area contributed by atoms with E-state index in [1.807, 2.05) is 4.90 Å². The van der Waals surface area contributed by atoms with E-state index in [-0.39, 0.29) is 5.91 Å². The number of nitrogen functional groups attached to an aromatic ring is 1. The molecule has 120 valence electrons. The van der Waals surface area contributed by atoms with E-state index in [4.69, 9.17) is 5.73 Å². The molecule has 0 bridgehead atoms. The molecule has 5 nitrogen and oxygen atoms in total. The number of piperazine rings is 1. The van der Waals surface area contributed by atoms with Gasteiger partial charge in [-0.1, -0.05) is 12.1 Å². The number of hydrogen-bond donors (Lipinski definition) is 1. The molecule has 1 aromatic carbocycles. The molecule has 5 heteroatoms. The highest BCUT2D eigenvalue weighted by Crippen LogP contribution is 2.24. The van der Waals surface area contributed by atoms with Crippen LogP contribution in [-0.2, 0) is 0 Å². The molecular formula is C18H22N4O. The Labute approximate surface area is 136 Å². The van der Waals surface area contributed by atoms with Crippen molar-refractivity contribution < 1.29 is 4.79 Å². The van der Waals surface area contributed by atoms with Crippen molar-refractivity contribution >= 4 is 17.3 Å². The van der Waals surface area contributed by atoms with Gasteiger partial charge in [0.2, 0.25) is 0 Å². The third-order valence-corrected chi connectivity index (χ3v) is 4.49. The van der Waals surface area contributed by atoms with Gasteiger partial charge in [0.25, 0.3) is 5.91 Å². The first-order valence-corrected chi connectivity index (χ1v) is 7.87. The van der Waals surface area contributed by atoms with Crippen LogP contribution in [0.5, 0.6) is 0 Å². The highest BCUT2D eigenvalue weighted by atomic mass is 16.2. The maximum atomic E-state index is 12.5. The van der Waals surface area contributed by atoms with Gasteiger partial charge in [-0.3, -0.25) is 9.78 Å². The predicted molar refractivity (Wildman–Crippen MR) is 92.7 cm³/mol. The molecule has 1 amide bonds. The van der Waals surface area contributed by atoms with E-state index in [9.17, 15) is 4.79 Å². The minimum Gasteiger partial charge on any atom is -0.397 e. The Balaban J connectivity index is 1.69. The summed E-state index contributed by atoms with van der Waals surface area (Å²) >= 11 is 0. The summed E-state index contributed by atoms with van der Waals surface area (Å²) in [5, 5.41) is 0. The first-order chi connectivity index (χ1) is 11.1. The molecule has 2 aromatic rings. The Morgan fingerprint density at radius 3 is 2.57 bits per heavy atom. The molecule has 1 aliphatic rings. The zero-order valence-electron chi connectivity index (χ0n) is 13.6. The van der Waals surface area contributed by atoms with E-state index < -0.39 is 0 Å². The lowest BCUT2D eigenvalue weighted by atomic mass is 10.1. The molecule has 2 N–H and O–H groups in total. The summed E-state index contributed by atoms with van der Waals surface area (Å²) in [5.41, 5.74) is 10.7. The molecule has 0 aliphatic carbocycles. The lowest BCUT2D eigenvalue weighted by Gasteiger charge is -2.37. The van der Waals surface area contributed by atoms with E-state index >= 15 is 0 Å². The van der Waals surface area contributed by atoms with Gasteiger partial charge in [-0.15, -0.1) is 0 Å². The number of benzene rings is 1. The zero-order chi connectivity index (χ0) is 16.4. The number of carbonyl (C=O) groups is 1. The standard InChI is InChI=1S/C18H22N4O/c1-13-4-3-5-17(14(13)2)21-6-8-22(9-7-21)18(23)15-10-16(19)12-20-11-15/h3-5,10-12H,6-9,19H2,1-2H3. The average Bonchev–Trinajstić information content (AvgIpc) is 2.57. The fourth-order valence-corrected chi connectivity index (χ4v) is 2.99. The van der Waals surface area contributed by atoms with Crippen molar-refractivity contribution in [1.29, 1.82) is 0 Å². The molecule has 1 aliphatic heterocycles. The van der Waals surface area contributed by atoms with Gasteiger partial charge in [0.05, 0.1) is 11.3 Å². The van der Waals surface area contributed by atoms with Gasteiger partial charge in [0.1, 0.15) is 0 Å². The summed E-state index contributed by atoms with van der Waals surface area (Å²) in [5.74, 6) is 0.00501. The number of aryl methyl sites for hydroxylation is 1. The summed E-state index contributed by atoms with van der Waals surface area (Å²) < 4.78 is 0. The quantitative estimate of drug-likeness (QED) is 0.924. The molecule has 0 atom stereocenters. The molecule has 0 radical (unpaired) electrons. The monoisotopic (exact) mass is 310 g/mol. The fourth-order valence-electron chi connectivity index (χ4n) is 2.99. The summed E-state index contributed by atoms with van der Waals surface area (Å²) in [6, 6.07) is 8.06. The third-order valence-electron chi connectivity index (χ3n) is 4.49. The molecule has 1 fully saturated rings. The molecule has 1 aromatic heterocycles. The van der Waals surface area contributed by atoms with Crippen LogP contribution >= 0.6 is 0 Å². The number of anilines is 2. The molecule has 0 spiro atoms. The van der Waals surface area contributed by atoms with Crippen LogP contribution in [0.2, 0.25) is 0 Å². The number of aromatic nitrogens is 1. The lowest BCUT2D eigenvalue weighted by molar-refractivity contribution is 0.0746. The van der Waals surface area contributed by atoms with Crippen LogP contribution in [0.4, 0.5) is 11.4 Å². The highest BCUT2D eigenvalue weighted by Gasteiger charge is 2.23. The van der Waals surface area contributed by atoms with Gasteiger partial charge >= 0.3 is 0 Å². The molecule has 1 saturated heterocycles. The third kappa shape index (κ3) is 3.13. The number of nitrogens with two attached hydrogens (primary N) is 1. The summed E-state index contributed by atoms with van der Waals surface area (Å²) in [6.45, 7) is 7.38. The van der Waals surface area contributed by atoms with Crippen LogP contribution in [0.15, 0.2) is 36.7 Å². The second kappa shape index (κ2) is 6.28. The number of amides is 1. The van der Waals surface area contributed by atoms with Crippen molar-refractivity contribution in [3.05, 3.63) is 53.3 Å². The van der Waals surface area contributed by atoms with Crippen molar-refractivity contribution in [3.8, 4) is 0 Å². The Morgan fingerprint density at radius 1 is 1.13 bits per heavy atom. The van der Waals surface area contributed by atoms with Crippen molar-refractivity contribution in [2.45, 2.75) is 13.8 Å². The van der Waals surface area contributed by atoms with Crippen LogP contribution in [0.25, 0.3) is 0 Å². The molecular weight excluding hydrogens is 288 g/mol. The van der Waals surface area contributed by atoms with Gasteiger partial charge in [-0.25, -0.2) is 0 Å². The smallest absolute Gasteiger partial charge is 0.255 e. The summed E-state index contributed by atoms with van der Waals surface area (Å²) in [6.07, 6.45) is 3.13. The van der Waals surface area contributed by atoms with Crippen molar-refractivity contribution in [2.75, 3.05) is 36.8 Å². The van der Waals surface area contributed by atoms with Crippen molar-refractivity contribution in [3.63, 3.8) is 0 Å². The average molecular weight is 310 g/mol. The molecule has 23 heavy (non-hydrogen) atoms. The molecule has 2 heterocycles. The number of rotatable bonds is 2. The second-order valence-electron chi connectivity index (χ2n) is 6.01. The maximum absolute atomic E-state index is 12.5. The molecule has 3 rings (SSSR count). The van der Waals surface area contributed by atoms with E-state index in [0.29, 0.717) is 24.3 Å². The second-order valence-corrected chi connectivity index (χ2v) is 6.01. The summed E-state index contributed by atoms with van der Waals surface area (Å²) in [4.78, 5) is 20.8. The normalized spacial score (nSPS) is 14.9.